The molecule has 1 aromatic carbocycles. The monoisotopic (exact) mass is 458 g/mol. The van der Waals surface area contributed by atoms with Crippen LogP contribution in [0.15, 0.2) is 76.6 Å². The van der Waals surface area contributed by atoms with E-state index in [9.17, 15) is 9.59 Å². The van der Waals surface area contributed by atoms with E-state index in [0.717, 1.165) is 22.7 Å². The van der Waals surface area contributed by atoms with Gasteiger partial charge in [0.2, 0.25) is 0 Å². The molecule has 0 bridgehead atoms. The number of furan rings is 1. The van der Waals surface area contributed by atoms with Gasteiger partial charge in [-0.05, 0) is 61.0 Å². The molecule has 34 heavy (non-hydrogen) atoms. The molecule has 9 heteroatoms. The number of pyridine rings is 1. The second kappa shape index (κ2) is 8.86. The lowest BCUT2D eigenvalue weighted by molar-refractivity contribution is -0.136. The largest absolute Gasteiger partial charge is 0.497 e. The third-order valence-electron chi connectivity index (χ3n) is 5.69. The SMILES string of the molecule is COc1ccc(C2=NN(C(=O)COC(=O)c3cn4c(C)cccc4n3)C(c3ccco3)C2)cc1. The minimum Gasteiger partial charge on any atom is -0.497 e. The molecule has 0 saturated heterocycles. The second-order valence-electron chi connectivity index (χ2n) is 7.85. The van der Waals surface area contributed by atoms with Gasteiger partial charge in [0.1, 0.15) is 23.2 Å². The van der Waals surface area contributed by atoms with Crippen LogP contribution in [0.25, 0.3) is 5.65 Å². The summed E-state index contributed by atoms with van der Waals surface area (Å²) in [4.78, 5) is 29.9. The Kier molecular flexibility index (Phi) is 5.59. The highest BCUT2D eigenvalue weighted by atomic mass is 16.5. The third-order valence-corrected chi connectivity index (χ3v) is 5.69. The first kappa shape index (κ1) is 21.4. The van der Waals surface area contributed by atoms with Crippen LogP contribution in [0.5, 0.6) is 5.75 Å². The predicted octanol–water partition coefficient (Wildman–Crippen LogP) is 3.78. The van der Waals surface area contributed by atoms with E-state index in [1.54, 1.807) is 42.2 Å². The molecule has 1 aliphatic rings. The van der Waals surface area contributed by atoms with E-state index in [-0.39, 0.29) is 5.69 Å². The van der Waals surface area contributed by atoms with Crippen LogP contribution in [0, 0.1) is 6.92 Å². The molecule has 4 aromatic rings. The summed E-state index contributed by atoms with van der Waals surface area (Å²) in [7, 11) is 1.60. The van der Waals surface area contributed by atoms with Crippen molar-refractivity contribution in [1.82, 2.24) is 14.4 Å². The van der Waals surface area contributed by atoms with Gasteiger partial charge in [-0.2, -0.15) is 5.10 Å². The highest BCUT2D eigenvalue weighted by molar-refractivity contribution is 6.03. The number of aryl methyl sites for hydroxylation is 1. The zero-order chi connectivity index (χ0) is 23.7. The van der Waals surface area contributed by atoms with Crippen molar-refractivity contribution in [3.63, 3.8) is 0 Å². The van der Waals surface area contributed by atoms with Crippen molar-refractivity contribution < 1.29 is 23.5 Å². The molecule has 0 N–H and O–H groups in total. The number of nitrogens with zero attached hydrogens (tertiary/aromatic N) is 4. The summed E-state index contributed by atoms with van der Waals surface area (Å²) in [6.07, 6.45) is 3.61. The Labute approximate surface area is 195 Å². The number of carbonyl (C=O) groups is 2. The molecule has 172 valence electrons. The zero-order valence-corrected chi connectivity index (χ0v) is 18.7. The lowest BCUT2D eigenvalue weighted by atomic mass is 10.0. The van der Waals surface area contributed by atoms with E-state index < -0.39 is 24.5 Å². The van der Waals surface area contributed by atoms with Crippen molar-refractivity contribution in [3.8, 4) is 5.75 Å². The van der Waals surface area contributed by atoms with Gasteiger partial charge in [-0.25, -0.2) is 14.8 Å². The summed E-state index contributed by atoms with van der Waals surface area (Å²) in [5.74, 6) is 0.192. The first-order chi connectivity index (χ1) is 16.5. The van der Waals surface area contributed by atoms with E-state index in [4.69, 9.17) is 13.9 Å². The van der Waals surface area contributed by atoms with E-state index >= 15 is 0 Å². The van der Waals surface area contributed by atoms with Crippen molar-refractivity contribution in [1.29, 1.82) is 0 Å². The maximum absolute atomic E-state index is 13.0. The molecule has 0 spiro atoms. The standard InChI is InChI=1S/C25H22N4O5/c1-16-5-3-7-23-26-20(14-28(16)23)25(31)34-15-24(30)29-21(22-6-4-12-33-22)13-19(27-29)17-8-10-18(32-2)11-9-17/h3-12,14,21H,13,15H2,1-2H3. The molecule has 0 saturated carbocycles. The molecule has 0 fully saturated rings. The van der Waals surface area contributed by atoms with Crippen molar-refractivity contribution >= 4 is 23.2 Å². The molecule has 5 rings (SSSR count). The number of methoxy groups -OCH3 is 1. The average molecular weight is 458 g/mol. The Balaban J connectivity index is 1.33. The maximum Gasteiger partial charge on any atom is 0.359 e. The Morgan fingerprint density at radius 2 is 1.94 bits per heavy atom. The fourth-order valence-electron chi connectivity index (χ4n) is 3.91. The summed E-state index contributed by atoms with van der Waals surface area (Å²) in [5.41, 5.74) is 3.28. The quantitative estimate of drug-likeness (QED) is 0.408. The van der Waals surface area contributed by atoms with Crippen molar-refractivity contribution in [2.24, 2.45) is 5.10 Å². The number of carbonyl (C=O) groups excluding carboxylic acids is 2. The lowest BCUT2D eigenvalue weighted by Crippen LogP contribution is -2.31. The molecule has 3 aromatic heterocycles. The van der Waals surface area contributed by atoms with Crippen LogP contribution in [-0.4, -0.2) is 45.7 Å². The van der Waals surface area contributed by atoms with E-state index in [0.29, 0.717) is 17.8 Å². The van der Waals surface area contributed by atoms with Gasteiger partial charge in [-0.15, -0.1) is 0 Å². The number of hydrogen-bond donors (Lipinski definition) is 0. The van der Waals surface area contributed by atoms with E-state index in [1.807, 2.05) is 43.3 Å². The highest BCUT2D eigenvalue weighted by Crippen LogP contribution is 2.33. The Bertz CT molecular complexity index is 1370. The van der Waals surface area contributed by atoms with Crippen molar-refractivity contribution in [2.75, 3.05) is 13.7 Å². The fourth-order valence-corrected chi connectivity index (χ4v) is 3.91. The number of benzene rings is 1. The van der Waals surface area contributed by atoms with Gasteiger partial charge in [0.05, 0.1) is 19.1 Å². The molecule has 0 aliphatic carbocycles. The number of rotatable bonds is 6. The maximum atomic E-state index is 13.0. The van der Waals surface area contributed by atoms with E-state index in [1.165, 1.54) is 5.01 Å². The van der Waals surface area contributed by atoms with Gasteiger partial charge in [0.25, 0.3) is 5.91 Å². The third kappa shape index (κ3) is 4.03. The van der Waals surface area contributed by atoms with Crippen LogP contribution < -0.4 is 4.74 Å². The molecule has 1 aliphatic heterocycles. The minimum atomic E-state index is -0.676. The molecular weight excluding hydrogens is 436 g/mol. The number of amides is 1. The fraction of sp³-hybridized carbons (Fsp3) is 0.200. The summed E-state index contributed by atoms with van der Waals surface area (Å²) in [6, 6.07) is 16.1. The van der Waals surface area contributed by atoms with Crippen LogP contribution in [-0.2, 0) is 9.53 Å². The Morgan fingerprint density at radius 1 is 1.12 bits per heavy atom. The molecule has 9 nitrogen and oxygen atoms in total. The molecular formula is C25H22N4O5. The number of fused-ring (bicyclic) bond motifs is 1. The molecule has 1 amide bonds. The van der Waals surface area contributed by atoms with Crippen LogP contribution in [0.3, 0.4) is 0 Å². The van der Waals surface area contributed by atoms with Gasteiger partial charge < -0.3 is 18.3 Å². The van der Waals surface area contributed by atoms with Crippen LogP contribution >= 0.6 is 0 Å². The number of imidazole rings is 1. The Morgan fingerprint density at radius 3 is 2.65 bits per heavy atom. The van der Waals surface area contributed by atoms with E-state index in [2.05, 4.69) is 10.1 Å². The number of hydrazone groups is 1. The Hall–Kier alpha value is -4.40. The number of esters is 1. The second-order valence-corrected chi connectivity index (χ2v) is 7.85. The average Bonchev–Trinajstić information content (AvgIpc) is 3.62. The number of ether oxygens (including phenoxy) is 2. The topological polar surface area (TPSA) is 98.6 Å². The summed E-state index contributed by atoms with van der Waals surface area (Å²) in [5, 5.41) is 5.86. The molecule has 0 radical (unpaired) electrons. The normalized spacial score (nSPS) is 15.4. The van der Waals surface area contributed by atoms with Crippen LogP contribution in [0.4, 0.5) is 0 Å². The minimum absolute atomic E-state index is 0.133. The van der Waals surface area contributed by atoms with Crippen molar-refractivity contribution in [3.05, 3.63) is 89.8 Å². The van der Waals surface area contributed by atoms with Crippen LogP contribution in [0.2, 0.25) is 0 Å². The summed E-state index contributed by atoms with van der Waals surface area (Å²) >= 11 is 0. The molecule has 4 heterocycles. The highest BCUT2D eigenvalue weighted by Gasteiger charge is 2.35. The van der Waals surface area contributed by atoms with Gasteiger partial charge in [0.15, 0.2) is 12.3 Å². The van der Waals surface area contributed by atoms with Gasteiger partial charge in [-0.3, -0.25) is 4.79 Å². The number of hydrogen-bond acceptors (Lipinski definition) is 7. The van der Waals surface area contributed by atoms with Gasteiger partial charge in [0, 0.05) is 18.3 Å². The zero-order valence-electron chi connectivity index (χ0n) is 18.7. The summed E-state index contributed by atoms with van der Waals surface area (Å²) in [6.45, 7) is 1.44. The summed E-state index contributed by atoms with van der Waals surface area (Å²) < 4.78 is 17.8. The first-order valence-electron chi connectivity index (χ1n) is 10.7. The lowest BCUT2D eigenvalue weighted by Gasteiger charge is -2.19. The molecule has 1 atom stereocenters. The van der Waals surface area contributed by atoms with Gasteiger partial charge >= 0.3 is 5.97 Å². The molecule has 1 unspecified atom stereocenters. The smallest absolute Gasteiger partial charge is 0.359 e. The van der Waals surface area contributed by atoms with Crippen LogP contribution in [0.1, 0.15) is 40.0 Å². The predicted molar refractivity (Wildman–Crippen MR) is 123 cm³/mol. The van der Waals surface area contributed by atoms with Crippen molar-refractivity contribution in [2.45, 2.75) is 19.4 Å². The van der Waals surface area contributed by atoms with Gasteiger partial charge in [-0.1, -0.05) is 6.07 Å². The number of aromatic nitrogens is 2. The first-order valence-corrected chi connectivity index (χ1v) is 10.7.